The summed E-state index contributed by atoms with van der Waals surface area (Å²) < 4.78 is 0. The van der Waals surface area contributed by atoms with Crippen LogP contribution >= 0.6 is 11.6 Å². The predicted molar refractivity (Wildman–Crippen MR) is 68.2 cm³/mol. The summed E-state index contributed by atoms with van der Waals surface area (Å²) in [7, 11) is 0. The molecule has 0 radical (unpaired) electrons. The zero-order valence-corrected chi connectivity index (χ0v) is 11.1. The van der Waals surface area contributed by atoms with Gasteiger partial charge in [-0.05, 0) is 24.0 Å². The molecule has 0 N–H and O–H groups in total. The van der Waals surface area contributed by atoms with E-state index >= 15 is 0 Å². The van der Waals surface area contributed by atoms with Crippen LogP contribution in [0.1, 0.15) is 30.6 Å². The van der Waals surface area contributed by atoms with Crippen LogP contribution in [-0.2, 0) is 4.79 Å². The van der Waals surface area contributed by atoms with Gasteiger partial charge in [-0.25, -0.2) is 4.98 Å². The van der Waals surface area contributed by atoms with E-state index < -0.39 is 0 Å². The molecular weight excluding hydrogens is 252 g/mol. The lowest BCUT2D eigenvalue weighted by Gasteiger charge is -2.16. The van der Waals surface area contributed by atoms with Gasteiger partial charge in [0.05, 0.1) is 0 Å². The number of amides is 2. The second-order valence-electron chi connectivity index (χ2n) is 4.88. The van der Waals surface area contributed by atoms with Crippen molar-refractivity contribution in [2.24, 2.45) is 11.8 Å². The molecule has 0 aromatic carbocycles. The Hall–Kier alpha value is -1.42. The summed E-state index contributed by atoms with van der Waals surface area (Å²) in [6, 6.07) is 3.06. The molecule has 1 aliphatic heterocycles. The molecule has 1 aliphatic rings. The van der Waals surface area contributed by atoms with Crippen molar-refractivity contribution in [3.05, 3.63) is 29.0 Å². The van der Waals surface area contributed by atoms with Gasteiger partial charge < -0.3 is 0 Å². The molecule has 0 saturated carbocycles. The maximum atomic E-state index is 12.2. The van der Waals surface area contributed by atoms with E-state index in [4.69, 9.17) is 11.6 Å². The lowest BCUT2D eigenvalue weighted by atomic mass is 9.95. The van der Waals surface area contributed by atoms with Gasteiger partial charge in [0.25, 0.3) is 5.91 Å². The number of aromatic nitrogens is 1. The molecule has 2 heterocycles. The van der Waals surface area contributed by atoms with Gasteiger partial charge in [0.2, 0.25) is 5.91 Å². The first-order valence-electron chi connectivity index (χ1n) is 5.95. The summed E-state index contributed by atoms with van der Waals surface area (Å²) in [5, 5.41) is 0.257. The molecule has 0 aliphatic carbocycles. The number of carbonyl (C=O) groups excluding carboxylic acids is 2. The maximum absolute atomic E-state index is 12.2. The van der Waals surface area contributed by atoms with Crippen molar-refractivity contribution in [2.45, 2.75) is 20.3 Å². The second kappa shape index (κ2) is 5.06. The molecule has 0 bridgehead atoms. The zero-order valence-electron chi connectivity index (χ0n) is 10.4. The lowest BCUT2D eigenvalue weighted by Crippen LogP contribution is -2.32. The highest BCUT2D eigenvalue weighted by Gasteiger charge is 2.35. The zero-order chi connectivity index (χ0) is 13.3. The molecule has 0 spiro atoms. The van der Waals surface area contributed by atoms with Gasteiger partial charge in [-0.15, -0.1) is 0 Å². The topological polar surface area (TPSA) is 50.3 Å². The maximum Gasteiger partial charge on any atom is 0.260 e. The van der Waals surface area contributed by atoms with E-state index in [2.05, 4.69) is 18.8 Å². The third kappa shape index (κ3) is 2.53. The van der Waals surface area contributed by atoms with Crippen LogP contribution in [-0.4, -0.2) is 28.2 Å². The minimum Gasteiger partial charge on any atom is -0.278 e. The van der Waals surface area contributed by atoms with Crippen LogP contribution in [0.15, 0.2) is 18.3 Å². The Morgan fingerprint density at radius 3 is 2.83 bits per heavy atom. The Morgan fingerprint density at radius 2 is 2.28 bits per heavy atom. The summed E-state index contributed by atoms with van der Waals surface area (Å²) in [5.74, 6) is 0.255. The van der Waals surface area contributed by atoms with Gasteiger partial charge in [-0.2, -0.15) is 0 Å². The molecule has 1 saturated heterocycles. The number of pyridine rings is 1. The molecule has 18 heavy (non-hydrogen) atoms. The van der Waals surface area contributed by atoms with E-state index in [1.807, 2.05) is 0 Å². The van der Waals surface area contributed by atoms with Gasteiger partial charge in [-0.3, -0.25) is 14.5 Å². The highest BCUT2D eigenvalue weighted by atomic mass is 35.5. The van der Waals surface area contributed by atoms with Crippen molar-refractivity contribution in [3.63, 3.8) is 0 Å². The van der Waals surface area contributed by atoms with Crippen LogP contribution in [0.2, 0.25) is 5.15 Å². The fourth-order valence-electron chi connectivity index (χ4n) is 2.07. The van der Waals surface area contributed by atoms with Crippen LogP contribution < -0.4 is 0 Å². The normalized spacial score (nSPS) is 19.7. The Kier molecular flexibility index (Phi) is 3.66. The number of carbonyl (C=O) groups is 2. The summed E-state index contributed by atoms with van der Waals surface area (Å²) in [5.41, 5.74) is 0.410. The Balaban J connectivity index is 2.17. The predicted octanol–water partition coefficient (Wildman–Crippen LogP) is 2.38. The third-order valence-electron chi connectivity index (χ3n) is 3.32. The van der Waals surface area contributed by atoms with E-state index in [-0.39, 0.29) is 22.9 Å². The number of halogens is 1. The monoisotopic (exact) mass is 266 g/mol. The van der Waals surface area contributed by atoms with Gasteiger partial charge in [0.15, 0.2) is 0 Å². The van der Waals surface area contributed by atoms with Crippen LogP contribution in [0, 0.1) is 11.8 Å². The molecule has 1 aromatic heterocycles. The van der Waals surface area contributed by atoms with Crippen LogP contribution in [0.4, 0.5) is 0 Å². The minimum absolute atomic E-state index is 0.105. The summed E-state index contributed by atoms with van der Waals surface area (Å²) in [4.78, 5) is 29.2. The van der Waals surface area contributed by atoms with Crippen molar-refractivity contribution < 1.29 is 9.59 Å². The van der Waals surface area contributed by atoms with Gasteiger partial charge in [0.1, 0.15) is 5.15 Å². The minimum atomic E-state index is -0.285. The Morgan fingerprint density at radius 1 is 1.56 bits per heavy atom. The molecule has 2 amide bonds. The van der Waals surface area contributed by atoms with Crippen molar-refractivity contribution >= 4 is 23.4 Å². The first kappa shape index (κ1) is 13.0. The van der Waals surface area contributed by atoms with Crippen molar-refractivity contribution in [2.75, 3.05) is 6.54 Å². The molecule has 2 rings (SSSR count). The summed E-state index contributed by atoms with van der Waals surface area (Å²) in [6.07, 6.45) is 1.91. The molecule has 1 aromatic rings. The molecule has 96 valence electrons. The standard InChI is InChI=1S/C13H15ClN2O2/c1-8(2)10-6-12(17)16(7-10)13(18)9-3-4-15-11(14)5-9/h3-5,8,10H,6-7H2,1-2H3. The highest BCUT2D eigenvalue weighted by Crippen LogP contribution is 2.26. The quantitative estimate of drug-likeness (QED) is 0.610. The van der Waals surface area contributed by atoms with Gasteiger partial charge in [-0.1, -0.05) is 25.4 Å². The number of rotatable bonds is 2. The second-order valence-corrected chi connectivity index (χ2v) is 5.27. The number of hydrogen-bond donors (Lipinski definition) is 0. The molecule has 1 unspecified atom stereocenters. The first-order valence-corrected chi connectivity index (χ1v) is 6.33. The van der Waals surface area contributed by atoms with Crippen LogP contribution in [0.25, 0.3) is 0 Å². The molecule has 5 heteroatoms. The molecule has 1 atom stereocenters. The van der Waals surface area contributed by atoms with Gasteiger partial charge in [0, 0.05) is 24.7 Å². The van der Waals surface area contributed by atoms with E-state index in [0.717, 1.165) is 0 Å². The molecular formula is C13H15ClN2O2. The highest BCUT2D eigenvalue weighted by molar-refractivity contribution is 6.29. The average Bonchev–Trinajstić information content (AvgIpc) is 2.70. The average molecular weight is 267 g/mol. The van der Waals surface area contributed by atoms with E-state index in [9.17, 15) is 9.59 Å². The number of likely N-dealkylation sites (tertiary alicyclic amines) is 1. The van der Waals surface area contributed by atoms with Crippen LogP contribution in [0.5, 0.6) is 0 Å². The summed E-state index contributed by atoms with van der Waals surface area (Å²) >= 11 is 5.74. The lowest BCUT2D eigenvalue weighted by molar-refractivity contribution is -0.125. The number of hydrogen-bond acceptors (Lipinski definition) is 3. The van der Waals surface area contributed by atoms with Crippen molar-refractivity contribution in [3.8, 4) is 0 Å². The van der Waals surface area contributed by atoms with E-state index in [1.54, 1.807) is 6.07 Å². The smallest absolute Gasteiger partial charge is 0.260 e. The molecule has 1 fully saturated rings. The number of imide groups is 1. The number of nitrogens with zero attached hydrogens (tertiary/aromatic N) is 2. The largest absolute Gasteiger partial charge is 0.278 e. The summed E-state index contributed by atoms with van der Waals surface area (Å²) in [6.45, 7) is 4.62. The van der Waals surface area contributed by atoms with E-state index in [1.165, 1.54) is 17.2 Å². The van der Waals surface area contributed by atoms with Crippen molar-refractivity contribution in [1.82, 2.24) is 9.88 Å². The SMILES string of the molecule is CC(C)C1CC(=O)N(C(=O)c2ccnc(Cl)c2)C1. The first-order chi connectivity index (χ1) is 8.49. The fraction of sp³-hybridized carbons (Fsp3) is 0.462. The van der Waals surface area contributed by atoms with E-state index in [0.29, 0.717) is 24.4 Å². The van der Waals surface area contributed by atoms with Crippen molar-refractivity contribution in [1.29, 1.82) is 0 Å². The Bertz CT molecular complexity index is 488. The fourth-order valence-corrected chi connectivity index (χ4v) is 2.24. The third-order valence-corrected chi connectivity index (χ3v) is 3.52. The molecule has 4 nitrogen and oxygen atoms in total. The van der Waals surface area contributed by atoms with Crippen LogP contribution in [0.3, 0.4) is 0 Å². The van der Waals surface area contributed by atoms with Gasteiger partial charge >= 0.3 is 0 Å². The Labute approximate surface area is 111 Å².